The van der Waals surface area contributed by atoms with E-state index in [4.69, 9.17) is 10.5 Å². The van der Waals surface area contributed by atoms with Gasteiger partial charge in [-0.1, -0.05) is 0 Å². The predicted octanol–water partition coefficient (Wildman–Crippen LogP) is 2.37. The van der Waals surface area contributed by atoms with Gasteiger partial charge in [-0.15, -0.1) is 0 Å². The molecule has 0 bridgehead atoms. The number of aromatic nitrogens is 2. The van der Waals surface area contributed by atoms with Gasteiger partial charge in [-0.3, -0.25) is 4.79 Å². The second-order valence-corrected chi connectivity index (χ2v) is 5.12. The highest BCUT2D eigenvalue weighted by molar-refractivity contribution is 5.91. The van der Waals surface area contributed by atoms with Gasteiger partial charge in [0.1, 0.15) is 11.6 Å². The molecule has 0 fully saturated rings. The van der Waals surface area contributed by atoms with Gasteiger partial charge in [0, 0.05) is 17.8 Å². The summed E-state index contributed by atoms with van der Waals surface area (Å²) in [5, 5.41) is 6.94. The smallest absolute Gasteiger partial charge is 0.263 e. The summed E-state index contributed by atoms with van der Waals surface area (Å²) < 4.78 is 7.25. The van der Waals surface area contributed by atoms with E-state index in [1.165, 1.54) is 0 Å². The number of aryl methyl sites for hydroxylation is 1. The third kappa shape index (κ3) is 3.75. The fraction of sp³-hybridized carbons (Fsp3) is 0.333. The fourth-order valence-electron chi connectivity index (χ4n) is 1.98. The monoisotopic (exact) mass is 288 g/mol. The molecule has 6 nitrogen and oxygen atoms in total. The number of benzene rings is 1. The van der Waals surface area contributed by atoms with Crippen LogP contribution in [-0.2, 0) is 4.79 Å². The van der Waals surface area contributed by atoms with E-state index in [0.717, 1.165) is 5.56 Å². The first kappa shape index (κ1) is 14.9. The summed E-state index contributed by atoms with van der Waals surface area (Å²) in [4.78, 5) is 11.9. The number of hydrogen-bond donors (Lipinski definition) is 2. The van der Waals surface area contributed by atoms with Crippen molar-refractivity contribution in [3.8, 4) is 5.75 Å². The van der Waals surface area contributed by atoms with E-state index in [9.17, 15) is 4.79 Å². The third-order valence-electron chi connectivity index (χ3n) is 2.98. The van der Waals surface area contributed by atoms with Crippen molar-refractivity contribution in [1.29, 1.82) is 0 Å². The van der Waals surface area contributed by atoms with Crippen LogP contribution in [0.4, 0.5) is 11.5 Å². The predicted molar refractivity (Wildman–Crippen MR) is 82.3 cm³/mol. The van der Waals surface area contributed by atoms with Crippen molar-refractivity contribution in [3.63, 3.8) is 0 Å². The highest BCUT2D eigenvalue weighted by Crippen LogP contribution is 2.20. The Morgan fingerprint density at radius 2 is 2.19 bits per heavy atom. The van der Waals surface area contributed by atoms with Crippen molar-refractivity contribution in [2.75, 3.05) is 17.7 Å². The molecular weight excluding hydrogens is 268 g/mol. The molecule has 2 rings (SSSR count). The lowest BCUT2D eigenvalue weighted by atomic mass is 10.2. The number of amides is 1. The van der Waals surface area contributed by atoms with Crippen molar-refractivity contribution in [1.82, 2.24) is 9.78 Å². The average molecular weight is 288 g/mol. The lowest BCUT2D eigenvalue weighted by Gasteiger charge is -2.13. The largest absolute Gasteiger partial charge is 0.483 e. The molecule has 0 aliphatic carbocycles. The Morgan fingerprint density at radius 1 is 1.43 bits per heavy atom. The number of carbonyl (C=O) groups excluding carboxylic acids is 1. The summed E-state index contributed by atoms with van der Waals surface area (Å²) in [7, 11) is 0. The summed E-state index contributed by atoms with van der Waals surface area (Å²) in [6, 6.07) is 7.24. The maximum Gasteiger partial charge on any atom is 0.263 e. The molecule has 0 radical (unpaired) electrons. The lowest BCUT2D eigenvalue weighted by Crippen LogP contribution is -2.22. The minimum absolute atomic E-state index is 0.0615. The number of nitrogen functional groups attached to an aromatic ring is 1. The Balaban J connectivity index is 1.94. The normalized spacial score (nSPS) is 10.7. The van der Waals surface area contributed by atoms with Crippen LogP contribution < -0.4 is 15.8 Å². The van der Waals surface area contributed by atoms with E-state index in [1.807, 2.05) is 20.8 Å². The summed E-state index contributed by atoms with van der Waals surface area (Å²) >= 11 is 0. The quantitative estimate of drug-likeness (QED) is 0.827. The number of anilines is 2. The second kappa shape index (κ2) is 6.30. The summed E-state index contributed by atoms with van der Waals surface area (Å²) in [5.74, 6) is 1.08. The molecule has 1 heterocycles. The molecule has 1 aromatic carbocycles. The second-order valence-electron chi connectivity index (χ2n) is 5.12. The van der Waals surface area contributed by atoms with Gasteiger partial charge in [0.15, 0.2) is 6.61 Å². The van der Waals surface area contributed by atoms with Crippen molar-refractivity contribution in [2.24, 2.45) is 0 Å². The van der Waals surface area contributed by atoms with Gasteiger partial charge in [0.2, 0.25) is 0 Å². The Kier molecular flexibility index (Phi) is 4.47. The standard InChI is InChI=1S/C15H20N4O2/c1-10(2)19-14(6-7-17-19)18-15(20)9-21-13-5-4-12(16)8-11(13)3/h4-8,10H,9,16H2,1-3H3,(H,18,20). The Morgan fingerprint density at radius 3 is 2.86 bits per heavy atom. The summed E-state index contributed by atoms with van der Waals surface area (Å²) in [6.07, 6.45) is 1.65. The van der Waals surface area contributed by atoms with Crippen molar-refractivity contribution in [2.45, 2.75) is 26.8 Å². The molecule has 6 heteroatoms. The number of ether oxygens (including phenoxy) is 1. The Labute approximate surface area is 123 Å². The minimum atomic E-state index is -0.228. The number of hydrogen-bond acceptors (Lipinski definition) is 4. The molecule has 3 N–H and O–H groups in total. The molecule has 0 aliphatic heterocycles. The summed E-state index contributed by atoms with van der Waals surface area (Å²) in [6.45, 7) is 5.82. The van der Waals surface area contributed by atoms with Crippen LogP contribution in [0.5, 0.6) is 5.75 Å². The van der Waals surface area contributed by atoms with Gasteiger partial charge < -0.3 is 15.8 Å². The maximum absolute atomic E-state index is 11.9. The maximum atomic E-state index is 11.9. The molecule has 21 heavy (non-hydrogen) atoms. The molecular formula is C15H20N4O2. The molecule has 0 aliphatic rings. The first-order valence-corrected chi connectivity index (χ1v) is 6.79. The molecule has 1 aromatic heterocycles. The van der Waals surface area contributed by atoms with Crippen LogP contribution in [0.2, 0.25) is 0 Å². The zero-order valence-electron chi connectivity index (χ0n) is 12.5. The lowest BCUT2D eigenvalue weighted by molar-refractivity contribution is -0.118. The molecule has 112 valence electrons. The number of nitrogens with two attached hydrogens (primary N) is 1. The van der Waals surface area contributed by atoms with Gasteiger partial charge >= 0.3 is 0 Å². The fourth-order valence-corrected chi connectivity index (χ4v) is 1.98. The minimum Gasteiger partial charge on any atom is -0.483 e. The van der Waals surface area contributed by atoms with E-state index in [1.54, 1.807) is 35.1 Å². The SMILES string of the molecule is Cc1cc(N)ccc1OCC(=O)Nc1ccnn1C(C)C. The number of rotatable bonds is 5. The molecule has 0 saturated heterocycles. The topological polar surface area (TPSA) is 82.2 Å². The van der Waals surface area contributed by atoms with Crippen molar-refractivity contribution >= 4 is 17.4 Å². The molecule has 0 atom stereocenters. The average Bonchev–Trinajstić information content (AvgIpc) is 2.86. The first-order valence-electron chi connectivity index (χ1n) is 6.79. The molecule has 2 aromatic rings. The van der Waals surface area contributed by atoms with Crippen LogP contribution in [0.3, 0.4) is 0 Å². The van der Waals surface area contributed by atoms with Crippen molar-refractivity contribution in [3.05, 3.63) is 36.0 Å². The molecule has 1 amide bonds. The zero-order valence-corrected chi connectivity index (χ0v) is 12.5. The Bertz CT molecular complexity index is 634. The number of nitrogens with one attached hydrogen (secondary N) is 1. The molecule has 0 saturated carbocycles. The van der Waals surface area contributed by atoms with Crippen LogP contribution in [-0.4, -0.2) is 22.3 Å². The summed E-state index contributed by atoms with van der Waals surface area (Å²) in [5.41, 5.74) is 7.24. The third-order valence-corrected chi connectivity index (χ3v) is 2.98. The van der Waals surface area contributed by atoms with E-state index in [2.05, 4.69) is 10.4 Å². The molecule has 0 unspecified atom stereocenters. The van der Waals surface area contributed by atoms with Gasteiger partial charge in [-0.25, -0.2) is 4.68 Å². The van der Waals surface area contributed by atoms with Gasteiger partial charge in [-0.2, -0.15) is 5.10 Å². The van der Waals surface area contributed by atoms with Crippen LogP contribution in [0.15, 0.2) is 30.5 Å². The number of nitrogens with zero attached hydrogens (tertiary/aromatic N) is 2. The van der Waals surface area contributed by atoms with Crippen LogP contribution in [0, 0.1) is 6.92 Å². The zero-order chi connectivity index (χ0) is 15.4. The highest BCUT2D eigenvalue weighted by Gasteiger charge is 2.10. The van der Waals surface area contributed by atoms with Gasteiger partial charge in [0.05, 0.1) is 6.20 Å². The van der Waals surface area contributed by atoms with E-state index in [-0.39, 0.29) is 18.6 Å². The van der Waals surface area contributed by atoms with E-state index < -0.39 is 0 Å². The van der Waals surface area contributed by atoms with E-state index in [0.29, 0.717) is 17.3 Å². The van der Waals surface area contributed by atoms with Crippen LogP contribution >= 0.6 is 0 Å². The van der Waals surface area contributed by atoms with Crippen LogP contribution in [0.25, 0.3) is 0 Å². The highest BCUT2D eigenvalue weighted by atomic mass is 16.5. The first-order chi connectivity index (χ1) is 9.97. The van der Waals surface area contributed by atoms with Crippen molar-refractivity contribution < 1.29 is 9.53 Å². The van der Waals surface area contributed by atoms with Crippen LogP contribution in [0.1, 0.15) is 25.5 Å². The van der Waals surface area contributed by atoms with E-state index >= 15 is 0 Å². The van der Waals surface area contributed by atoms with Gasteiger partial charge in [0.25, 0.3) is 5.91 Å². The van der Waals surface area contributed by atoms with Gasteiger partial charge in [-0.05, 0) is 44.5 Å². The molecule has 0 spiro atoms. The Hall–Kier alpha value is -2.50. The number of carbonyl (C=O) groups is 1.